The topological polar surface area (TPSA) is 409 Å². The van der Waals surface area contributed by atoms with E-state index in [9.17, 15) is 53.1 Å². The van der Waals surface area contributed by atoms with E-state index >= 15 is 0 Å². The Kier molecular flexibility index (Phi) is 35.9. The second-order valence-corrected chi connectivity index (χ2v) is 35.6. The summed E-state index contributed by atoms with van der Waals surface area (Å²) < 4.78 is 64.6. The Morgan fingerprint density at radius 1 is 0.392 bits per heavy atom. The van der Waals surface area contributed by atoms with Gasteiger partial charge < -0.3 is 83.3 Å². The normalized spacial score (nSPS) is 11.6. The first-order valence-corrected chi connectivity index (χ1v) is 45.5. The molecule has 0 saturated carbocycles. The van der Waals surface area contributed by atoms with Crippen molar-refractivity contribution >= 4 is 122 Å². The molecule has 0 bridgehead atoms. The first kappa shape index (κ1) is 104. The number of carboxylic acid groups (broad SMARTS) is 1. The number of esters is 2. The number of carboxylic acids is 1. The maximum Gasteiger partial charge on any atom is 0.419 e. The van der Waals surface area contributed by atoms with Gasteiger partial charge in [0.25, 0.3) is 0 Å². The lowest BCUT2D eigenvalue weighted by molar-refractivity contribution is -0.143. The van der Waals surface area contributed by atoms with E-state index in [1.54, 1.807) is 148 Å². The van der Waals surface area contributed by atoms with E-state index in [1.807, 2.05) is 206 Å². The second kappa shape index (κ2) is 49.2. The Hall–Kier alpha value is -17.5. The van der Waals surface area contributed by atoms with Gasteiger partial charge in [-0.2, -0.15) is 0 Å². The van der Waals surface area contributed by atoms with Gasteiger partial charge in [-0.1, -0.05) is 182 Å². The maximum absolute atomic E-state index is 13.2. The molecule has 5 heterocycles. The van der Waals surface area contributed by atoms with Crippen LogP contribution in [-0.2, 0) is 100 Å². The summed E-state index contributed by atoms with van der Waals surface area (Å²) in [6.45, 7) is 17.8. The number of ether oxygens (including phenoxy) is 11. The standard InChI is InChI=1S/C32H34N2O7.C32H32N2O7.C21H21NO4.C16H13NO2.C11H12N2O3/c2*1-32(2,3)41-31(37)34-19-24(26-16-15-25(18-28(26)34)39-20-22-11-7-5-8-12-22)17-27(29(35)38-4)33-30(36)40-21-23-13-9-6-10-14-23;1-21(2,3)26-20(24)22-12-16(13-23)18-10-9-17(11-19(18)22)25-14-15-7-5-4-6-8-15;18-10-13-9-17-16-8-14(6-7-15(13)16)19-11-12-4-2-1-3-5-12;12-9(11(15)16)3-6-5-13-10-4-7(14)1-2-8(6)10/h5-16,18-19,27H,17,20-21H2,1-4H3,(H,33,36);5-19H,20-21H2,1-4H3,(H,33,36);4-13H,14H2,1-3H3;1-10,17H,11H2;1-2,4-5,9,13-14H,3,12H2,(H,15,16)/b;27-17-;;;/t27-;;;;9-/m0...0/s1. The van der Waals surface area contributed by atoms with E-state index in [0.29, 0.717) is 98.6 Å². The number of rotatable bonds is 28. The fourth-order valence-electron chi connectivity index (χ4n) is 14.5. The molecule has 2 atom stereocenters. The Bertz CT molecular complexity index is 7110. The molecule has 0 spiro atoms. The zero-order valence-corrected chi connectivity index (χ0v) is 80.8. The van der Waals surface area contributed by atoms with E-state index in [-0.39, 0.29) is 37.5 Å². The average Bonchev–Trinajstić information content (AvgIpc) is 1.63. The zero-order chi connectivity index (χ0) is 102. The highest BCUT2D eigenvalue weighted by Gasteiger charge is 2.30. The molecule has 0 aliphatic heterocycles. The number of amides is 2. The van der Waals surface area contributed by atoms with Crippen LogP contribution in [0.25, 0.3) is 60.6 Å². The van der Waals surface area contributed by atoms with Crippen molar-refractivity contribution in [2.24, 2.45) is 5.73 Å². The predicted octanol–water partition coefficient (Wildman–Crippen LogP) is 21.7. The molecule has 0 aliphatic carbocycles. The highest BCUT2D eigenvalue weighted by atomic mass is 16.6. The third kappa shape index (κ3) is 30.8. The number of carbonyl (C=O) groups is 10. The van der Waals surface area contributed by atoms with E-state index in [0.717, 1.165) is 79.1 Å². The molecule has 0 saturated heterocycles. The number of aliphatic carboxylic acids is 1. The molecule has 738 valence electrons. The minimum Gasteiger partial charge on any atom is -0.508 e. The van der Waals surface area contributed by atoms with Crippen molar-refractivity contribution in [3.8, 4) is 28.7 Å². The molecule has 0 fully saturated rings. The molecule has 143 heavy (non-hydrogen) atoms. The molecule has 0 radical (unpaired) electrons. The van der Waals surface area contributed by atoms with E-state index in [4.69, 9.17) is 62.9 Å². The summed E-state index contributed by atoms with van der Waals surface area (Å²) in [4.78, 5) is 128. The SMILES string of the molecule is CC(C)(C)OC(=O)n1cc(C=O)c2ccc(OCc3ccccc3)cc21.COC(=O)/C(=C/c1cn(C(=O)OC(C)(C)C)c2cc(OCc3ccccc3)ccc12)NC(=O)OCc1ccccc1.COC(=O)[C@H](Cc1cn(C(=O)OC(C)(C)C)c2cc(OCc3ccccc3)ccc12)NC(=O)OCc1ccccc1.N[C@@H](Cc1c[nH]c2cc(O)ccc12)C(=O)O.O=Cc1c[nH]c2cc(OCc3ccccc3)ccc12. The van der Waals surface area contributed by atoms with Gasteiger partial charge in [0, 0.05) is 129 Å². The van der Waals surface area contributed by atoms with Crippen molar-refractivity contribution in [3.05, 3.63) is 371 Å². The number of fused-ring (bicyclic) bond motifs is 5. The van der Waals surface area contributed by atoms with Gasteiger partial charge in [0.05, 0.1) is 30.8 Å². The fraction of sp³-hybridized carbons (Fsp3) is 0.214. The summed E-state index contributed by atoms with van der Waals surface area (Å²) in [6, 6.07) is 82.1. The number of phenols is 1. The average molecular weight is 1940 g/mol. The number of alkyl carbamates (subject to hydrolysis) is 2. The number of phenolic OH excluding ortho intramolecular Hbond substituents is 1. The lowest BCUT2D eigenvalue weighted by Crippen LogP contribution is -2.43. The third-order valence-corrected chi connectivity index (χ3v) is 21.3. The third-order valence-electron chi connectivity index (χ3n) is 21.3. The summed E-state index contributed by atoms with van der Waals surface area (Å²) in [5.74, 6) is 0.206. The number of aromatic amines is 2. The van der Waals surface area contributed by atoms with Gasteiger partial charge in [0.2, 0.25) is 0 Å². The summed E-state index contributed by atoms with van der Waals surface area (Å²) in [6.07, 6.45) is 8.02. The van der Waals surface area contributed by atoms with Gasteiger partial charge in [-0.05, 0) is 174 Å². The molecular formula is C112H112N8O23. The maximum atomic E-state index is 13.2. The second-order valence-electron chi connectivity index (χ2n) is 35.6. The fourth-order valence-corrected chi connectivity index (χ4v) is 14.5. The number of methoxy groups -OCH3 is 2. The number of nitrogens with zero attached hydrogens (tertiary/aromatic N) is 3. The van der Waals surface area contributed by atoms with Crippen molar-refractivity contribution in [1.82, 2.24) is 34.3 Å². The number of aromatic nitrogens is 5. The molecule has 2 amide bonds. The first-order valence-electron chi connectivity index (χ1n) is 45.5. The quantitative estimate of drug-likeness (QED) is 0.0104. The van der Waals surface area contributed by atoms with Crippen molar-refractivity contribution < 1.29 is 110 Å². The minimum absolute atomic E-state index is 0.0187. The molecular weight excluding hydrogens is 1830 g/mol. The first-order chi connectivity index (χ1) is 68.6. The van der Waals surface area contributed by atoms with Gasteiger partial charge in [-0.15, -0.1) is 0 Å². The minimum atomic E-state index is -1.06. The molecule has 31 nitrogen and oxygen atoms in total. The van der Waals surface area contributed by atoms with Gasteiger partial charge in [0.15, 0.2) is 12.6 Å². The molecule has 11 aromatic carbocycles. The Balaban J connectivity index is 0.000000166. The van der Waals surface area contributed by atoms with Crippen LogP contribution in [0.5, 0.6) is 28.7 Å². The van der Waals surface area contributed by atoms with Gasteiger partial charge in [-0.25, -0.2) is 33.6 Å². The van der Waals surface area contributed by atoms with Gasteiger partial charge >= 0.3 is 48.4 Å². The summed E-state index contributed by atoms with van der Waals surface area (Å²) in [5.41, 5.74) is 15.3. The van der Waals surface area contributed by atoms with Crippen molar-refractivity contribution in [3.63, 3.8) is 0 Å². The number of nitrogens with two attached hydrogens (primary N) is 1. The molecule has 31 heteroatoms. The summed E-state index contributed by atoms with van der Waals surface area (Å²) >= 11 is 0. The molecule has 0 aliphatic rings. The van der Waals surface area contributed by atoms with Crippen molar-refractivity contribution in [1.29, 1.82) is 0 Å². The van der Waals surface area contributed by atoms with E-state index < -0.39 is 77.3 Å². The molecule has 8 N–H and O–H groups in total. The van der Waals surface area contributed by atoms with Crippen LogP contribution in [0.4, 0.5) is 24.0 Å². The van der Waals surface area contributed by atoms with Crippen LogP contribution < -0.4 is 35.3 Å². The smallest absolute Gasteiger partial charge is 0.419 e. The van der Waals surface area contributed by atoms with Gasteiger partial charge in [-0.3, -0.25) is 33.4 Å². The van der Waals surface area contributed by atoms with Crippen LogP contribution in [0, 0.1) is 0 Å². The molecule has 16 rings (SSSR count). The van der Waals surface area contributed by atoms with Crippen LogP contribution in [0.3, 0.4) is 0 Å². The van der Waals surface area contributed by atoms with Gasteiger partial charge in [0.1, 0.15) is 103 Å². The number of carbonyl (C=O) groups excluding carboxylic acids is 9. The number of aldehydes is 2. The summed E-state index contributed by atoms with van der Waals surface area (Å²) in [7, 11) is 2.44. The Morgan fingerprint density at radius 2 is 0.755 bits per heavy atom. The molecule has 0 unspecified atom stereocenters. The van der Waals surface area contributed by atoms with Crippen LogP contribution >= 0.6 is 0 Å². The number of hydrogen-bond donors (Lipinski definition) is 7. The lowest BCUT2D eigenvalue weighted by atomic mass is 10.0. The number of H-pyrrole nitrogens is 2. The Morgan fingerprint density at radius 3 is 1.17 bits per heavy atom. The zero-order valence-electron chi connectivity index (χ0n) is 80.8. The molecule has 16 aromatic rings. The van der Waals surface area contributed by atoms with E-state index in [2.05, 4.69) is 20.6 Å². The lowest BCUT2D eigenvalue weighted by Gasteiger charge is -2.20. The van der Waals surface area contributed by atoms with Crippen molar-refractivity contribution in [2.75, 3.05) is 14.2 Å². The highest BCUT2D eigenvalue weighted by Crippen LogP contribution is 2.34. The largest absolute Gasteiger partial charge is 0.508 e. The monoisotopic (exact) mass is 1940 g/mol. The van der Waals surface area contributed by atoms with Crippen LogP contribution in [0.15, 0.2) is 310 Å². The predicted molar refractivity (Wildman–Crippen MR) is 541 cm³/mol. The van der Waals surface area contributed by atoms with Crippen LogP contribution in [0.1, 0.15) is 133 Å². The van der Waals surface area contributed by atoms with E-state index in [1.165, 1.54) is 46.4 Å². The van der Waals surface area contributed by atoms with Crippen LogP contribution in [-0.4, -0.2) is 138 Å². The number of nitrogens with one attached hydrogen (secondary N) is 4. The number of hydrogen-bond acceptors (Lipinski definition) is 23. The summed E-state index contributed by atoms with van der Waals surface area (Å²) in [5, 5.41) is 26.8. The van der Waals surface area contributed by atoms with Crippen LogP contribution in [0.2, 0.25) is 0 Å². The number of aromatic hydroxyl groups is 1. The molecule has 5 aromatic heterocycles. The van der Waals surface area contributed by atoms with Crippen molar-refractivity contribution in [2.45, 2.75) is 144 Å². The highest BCUT2D eigenvalue weighted by molar-refractivity contribution is 6.04. The Labute approximate surface area is 824 Å². The number of benzene rings is 11.